The molecule has 0 aliphatic carbocycles. The number of nitrogens with zero attached hydrogens (tertiary/aromatic N) is 8. The molecule has 0 spiro atoms. The first kappa shape index (κ1) is 20.9. The van der Waals surface area contributed by atoms with Crippen LogP contribution in [-0.2, 0) is 10.4 Å². The van der Waals surface area contributed by atoms with Crippen LogP contribution in [0.2, 0.25) is 0 Å². The van der Waals surface area contributed by atoms with Gasteiger partial charge in [-0.25, -0.2) is 19.9 Å². The summed E-state index contributed by atoms with van der Waals surface area (Å²) in [7, 11) is 1.64. The number of rotatable bonds is 5. The summed E-state index contributed by atoms with van der Waals surface area (Å²) in [6.07, 6.45) is 5.19. The predicted octanol–water partition coefficient (Wildman–Crippen LogP) is 2.03. The fraction of sp³-hybridized carbons (Fsp3) is 0.174. The number of nitrogens with one attached hydrogen (secondary N) is 1. The summed E-state index contributed by atoms with van der Waals surface area (Å²) < 4.78 is 7.00. The van der Waals surface area contributed by atoms with Gasteiger partial charge in [0.1, 0.15) is 5.69 Å². The SMILES string of the molecule is CN1CCC(O)(c2cc(-c3cccc(-c4ccnc(Nc5cnc6cccnn56)n4)n3)no2)C1=O. The maximum Gasteiger partial charge on any atom is 0.262 e. The normalized spacial score (nSPS) is 17.9. The zero-order valence-electron chi connectivity index (χ0n) is 18.5. The first-order valence-corrected chi connectivity index (χ1v) is 10.8. The monoisotopic (exact) mass is 469 g/mol. The second-order valence-electron chi connectivity index (χ2n) is 8.15. The van der Waals surface area contributed by atoms with Crippen LogP contribution in [0, 0.1) is 0 Å². The van der Waals surface area contributed by atoms with Crippen LogP contribution in [0.1, 0.15) is 12.2 Å². The molecule has 0 saturated carbocycles. The molecule has 1 unspecified atom stereocenters. The number of pyridine rings is 1. The fourth-order valence-electron chi connectivity index (χ4n) is 3.98. The van der Waals surface area contributed by atoms with Gasteiger partial charge in [0.25, 0.3) is 5.91 Å². The molecule has 1 aliphatic rings. The van der Waals surface area contributed by atoms with Gasteiger partial charge < -0.3 is 19.8 Å². The summed E-state index contributed by atoms with van der Waals surface area (Å²) in [6.45, 7) is 0.439. The summed E-state index contributed by atoms with van der Waals surface area (Å²) in [5, 5.41) is 22.3. The minimum absolute atomic E-state index is 0.101. The predicted molar refractivity (Wildman–Crippen MR) is 123 cm³/mol. The maximum atomic E-state index is 12.4. The van der Waals surface area contributed by atoms with E-state index in [1.54, 1.807) is 48.4 Å². The quantitative estimate of drug-likeness (QED) is 0.392. The zero-order valence-corrected chi connectivity index (χ0v) is 18.5. The Morgan fingerprint density at radius 2 is 1.86 bits per heavy atom. The lowest BCUT2D eigenvalue weighted by molar-refractivity contribution is -0.144. The van der Waals surface area contributed by atoms with Crippen LogP contribution in [0.15, 0.2) is 65.6 Å². The van der Waals surface area contributed by atoms with Crippen molar-refractivity contribution >= 4 is 23.3 Å². The van der Waals surface area contributed by atoms with Gasteiger partial charge in [-0.15, -0.1) is 0 Å². The molecule has 1 atom stereocenters. The molecule has 12 heteroatoms. The van der Waals surface area contributed by atoms with Crippen LogP contribution in [0.4, 0.5) is 11.8 Å². The number of imidazole rings is 1. The lowest BCUT2D eigenvalue weighted by Gasteiger charge is -2.16. The Labute approximate surface area is 198 Å². The molecule has 0 aromatic carbocycles. The van der Waals surface area contributed by atoms with Gasteiger partial charge in [0, 0.05) is 38.5 Å². The molecule has 174 valence electrons. The minimum atomic E-state index is -1.71. The average molecular weight is 469 g/mol. The van der Waals surface area contributed by atoms with E-state index in [2.05, 4.69) is 35.5 Å². The number of anilines is 2. The third kappa shape index (κ3) is 3.56. The number of amides is 1. The molecule has 1 aliphatic heterocycles. The van der Waals surface area contributed by atoms with Crippen molar-refractivity contribution in [1.29, 1.82) is 0 Å². The fourth-order valence-corrected chi connectivity index (χ4v) is 3.98. The number of hydrogen-bond acceptors (Lipinski definition) is 10. The van der Waals surface area contributed by atoms with E-state index in [4.69, 9.17) is 4.52 Å². The third-order valence-corrected chi connectivity index (χ3v) is 5.87. The Bertz CT molecular complexity index is 1560. The van der Waals surface area contributed by atoms with Gasteiger partial charge in [0.05, 0.1) is 23.3 Å². The second-order valence-corrected chi connectivity index (χ2v) is 8.15. The molecule has 5 aromatic rings. The van der Waals surface area contributed by atoms with Crippen LogP contribution in [0.3, 0.4) is 0 Å². The molecule has 6 heterocycles. The van der Waals surface area contributed by atoms with E-state index in [0.29, 0.717) is 46.7 Å². The molecule has 5 aromatic heterocycles. The maximum absolute atomic E-state index is 12.4. The van der Waals surface area contributed by atoms with Crippen molar-refractivity contribution in [1.82, 2.24) is 39.6 Å². The van der Waals surface area contributed by atoms with Crippen molar-refractivity contribution in [3.63, 3.8) is 0 Å². The van der Waals surface area contributed by atoms with E-state index >= 15 is 0 Å². The Hall–Kier alpha value is -4.71. The Balaban J connectivity index is 1.28. The highest BCUT2D eigenvalue weighted by Crippen LogP contribution is 2.34. The number of aromatic nitrogens is 7. The molecule has 0 bridgehead atoms. The summed E-state index contributed by atoms with van der Waals surface area (Å²) in [5.41, 5.74) is 1.08. The van der Waals surface area contributed by atoms with Gasteiger partial charge in [-0.05, 0) is 30.3 Å². The highest BCUT2D eigenvalue weighted by atomic mass is 16.5. The zero-order chi connectivity index (χ0) is 24.0. The topological polar surface area (TPSA) is 147 Å². The van der Waals surface area contributed by atoms with E-state index in [-0.39, 0.29) is 12.2 Å². The third-order valence-electron chi connectivity index (χ3n) is 5.87. The summed E-state index contributed by atoms with van der Waals surface area (Å²) in [6, 6.07) is 12.3. The molecule has 1 fully saturated rings. The molecule has 35 heavy (non-hydrogen) atoms. The van der Waals surface area contributed by atoms with Crippen molar-refractivity contribution in [2.45, 2.75) is 12.0 Å². The van der Waals surface area contributed by atoms with Crippen LogP contribution < -0.4 is 5.32 Å². The molecule has 1 amide bonds. The lowest BCUT2D eigenvalue weighted by Crippen LogP contribution is -2.35. The molecule has 0 radical (unpaired) electrons. The van der Waals surface area contributed by atoms with E-state index in [1.807, 2.05) is 24.3 Å². The van der Waals surface area contributed by atoms with Gasteiger partial charge >= 0.3 is 0 Å². The number of carbonyl (C=O) groups is 1. The number of likely N-dealkylation sites (tertiary alicyclic amines) is 1. The van der Waals surface area contributed by atoms with Crippen LogP contribution >= 0.6 is 0 Å². The standard InChI is InChI=1S/C23H19N9O3/c1-31-11-8-23(34,21(31)33)18-12-17(30-35-18)15-5-2-4-14(27-15)16-7-10-24-22(28-16)29-20-13-25-19-6-3-9-26-32(19)20/h2-7,9-10,12-13,34H,8,11H2,1H3,(H,24,28,29). The first-order valence-electron chi connectivity index (χ1n) is 10.8. The van der Waals surface area contributed by atoms with Crippen molar-refractivity contribution in [2.75, 3.05) is 18.9 Å². The molecule has 12 nitrogen and oxygen atoms in total. The van der Waals surface area contributed by atoms with E-state index < -0.39 is 11.5 Å². The number of hydrogen-bond donors (Lipinski definition) is 2. The number of fused-ring (bicyclic) bond motifs is 1. The number of aliphatic hydroxyl groups is 1. The van der Waals surface area contributed by atoms with Crippen LogP contribution in [0.25, 0.3) is 28.4 Å². The molecular weight excluding hydrogens is 450 g/mol. The van der Waals surface area contributed by atoms with E-state index in [1.165, 1.54) is 4.90 Å². The van der Waals surface area contributed by atoms with Crippen molar-refractivity contribution < 1.29 is 14.4 Å². The Morgan fingerprint density at radius 1 is 1.03 bits per heavy atom. The van der Waals surface area contributed by atoms with Crippen LogP contribution in [0.5, 0.6) is 0 Å². The highest BCUT2D eigenvalue weighted by molar-refractivity contribution is 5.87. The molecule has 6 rings (SSSR count). The van der Waals surface area contributed by atoms with Gasteiger partial charge in [0.2, 0.25) is 11.5 Å². The summed E-state index contributed by atoms with van der Waals surface area (Å²) in [5.74, 6) is 0.671. The number of carbonyl (C=O) groups excluding carboxylic acids is 1. The largest absolute Gasteiger partial charge is 0.373 e. The Kier molecular flexibility index (Phi) is 4.74. The van der Waals surface area contributed by atoms with Crippen molar-refractivity contribution in [3.8, 4) is 22.8 Å². The molecule has 2 N–H and O–H groups in total. The van der Waals surface area contributed by atoms with Gasteiger partial charge in [-0.3, -0.25) is 4.79 Å². The minimum Gasteiger partial charge on any atom is -0.373 e. The number of likely N-dealkylation sites (N-methyl/N-ethyl adjacent to an activating group) is 1. The smallest absolute Gasteiger partial charge is 0.262 e. The van der Waals surface area contributed by atoms with E-state index in [0.717, 1.165) is 0 Å². The van der Waals surface area contributed by atoms with E-state index in [9.17, 15) is 9.90 Å². The second kappa shape index (κ2) is 7.95. The van der Waals surface area contributed by atoms with Gasteiger partial charge in [-0.1, -0.05) is 11.2 Å². The molecule has 1 saturated heterocycles. The van der Waals surface area contributed by atoms with Gasteiger partial charge in [-0.2, -0.15) is 9.61 Å². The summed E-state index contributed by atoms with van der Waals surface area (Å²) >= 11 is 0. The van der Waals surface area contributed by atoms with Crippen molar-refractivity contribution in [2.24, 2.45) is 0 Å². The first-order chi connectivity index (χ1) is 17.0. The van der Waals surface area contributed by atoms with Crippen molar-refractivity contribution in [3.05, 3.63) is 66.8 Å². The summed E-state index contributed by atoms with van der Waals surface area (Å²) in [4.78, 5) is 31.6. The highest BCUT2D eigenvalue weighted by Gasteiger charge is 2.48. The lowest BCUT2D eigenvalue weighted by atomic mass is 9.98. The molecular formula is C23H19N9O3. The van der Waals surface area contributed by atoms with Crippen LogP contribution in [-0.4, -0.2) is 64.2 Å². The van der Waals surface area contributed by atoms with Gasteiger partial charge in [0.15, 0.2) is 17.2 Å². The Morgan fingerprint density at radius 3 is 2.69 bits per heavy atom. The average Bonchev–Trinajstić information content (AvgIpc) is 3.61.